The quantitative estimate of drug-likeness (QED) is 0.773. The van der Waals surface area contributed by atoms with Gasteiger partial charge < -0.3 is 4.74 Å². The highest BCUT2D eigenvalue weighted by molar-refractivity contribution is 7.10. The van der Waals surface area contributed by atoms with Crippen LogP contribution >= 0.6 is 11.3 Å². The molecular weight excluding hydrogens is 249 g/mol. The molecule has 0 amide bonds. The number of halogens is 3. The summed E-state index contributed by atoms with van der Waals surface area (Å²) in [5.41, 5.74) is 1.32. The fourth-order valence-electron chi connectivity index (χ4n) is 1.42. The van der Waals surface area contributed by atoms with Crippen molar-refractivity contribution in [2.75, 3.05) is 7.11 Å². The van der Waals surface area contributed by atoms with Crippen LogP contribution in [0.15, 0.2) is 35.7 Å². The Labute approximate surface area is 100 Å². The second-order valence-electron chi connectivity index (χ2n) is 3.43. The van der Waals surface area contributed by atoms with Crippen LogP contribution in [0.3, 0.4) is 0 Å². The van der Waals surface area contributed by atoms with Crippen molar-refractivity contribution in [3.05, 3.63) is 40.6 Å². The van der Waals surface area contributed by atoms with Crippen LogP contribution in [0.1, 0.15) is 4.88 Å². The van der Waals surface area contributed by atoms with Crippen LogP contribution in [-0.4, -0.2) is 7.11 Å². The van der Waals surface area contributed by atoms with Gasteiger partial charge in [-0.05, 0) is 34.7 Å². The smallest absolute Gasteiger partial charge is 0.425 e. The first kappa shape index (κ1) is 12.0. The number of ether oxygens (including phenoxy) is 1. The molecule has 1 nitrogen and oxygen atoms in total. The minimum Gasteiger partial charge on any atom is -0.497 e. The predicted molar refractivity (Wildman–Crippen MR) is 61.3 cm³/mol. The van der Waals surface area contributed by atoms with Crippen LogP contribution in [0.25, 0.3) is 11.1 Å². The van der Waals surface area contributed by atoms with Crippen molar-refractivity contribution >= 4 is 11.3 Å². The number of hydrogen-bond donors (Lipinski definition) is 0. The predicted octanol–water partition coefficient (Wildman–Crippen LogP) is 4.44. The molecule has 0 radical (unpaired) electrons. The molecule has 0 aliphatic heterocycles. The van der Waals surface area contributed by atoms with E-state index >= 15 is 0 Å². The van der Waals surface area contributed by atoms with Gasteiger partial charge in [0, 0.05) is 0 Å². The average Bonchev–Trinajstić information content (AvgIpc) is 2.78. The maximum Gasteiger partial charge on any atom is 0.425 e. The molecule has 0 atom stereocenters. The molecule has 0 saturated heterocycles. The van der Waals surface area contributed by atoms with Crippen molar-refractivity contribution in [3.8, 4) is 16.9 Å². The van der Waals surface area contributed by atoms with Crippen molar-refractivity contribution in [2.24, 2.45) is 0 Å². The minimum atomic E-state index is -4.27. The van der Waals surface area contributed by atoms with Gasteiger partial charge in [0.2, 0.25) is 0 Å². The van der Waals surface area contributed by atoms with E-state index in [9.17, 15) is 13.2 Å². The Hall–Kier alpha value is -1.49. The maximum atomic E-state index is 12.4. The molecule has 1 aromatic carbocycles. The summed E-state index contributed by atoms with van der Waals surface area (Å²) >= 11 is 0.705. The standard InChI is InChI=1S/C12H9F3OS/c1-16-10-4-2-8(3-5-10)9-6-11(17-7-9)12(13,14)15/h2-7H,1H3. The van der Waals surface area contributed by atoms with E-state index in [0.717, 1.165) is 11.6 Å². The lowest BCUT2D eigenvalue weighted by Gasteiger charge is -2.02. The highest BCUT2D eigenvalue weighted by atomic mass is 32.1. The Balaban J connectivity index is 2.30. The molecule has 1 heterocycles. The fourth-order valence-corrected chi connectivity index (χ4v) is 2.21. The third kappa shape index (κ3) is 2.61. The highest BCUT2D eigenvalue weighted by Crippen LogP contribution is 2.37. The third-order valence-corrected chi connectivity index (χ3v) is 3.28. The van der Waals surface area contributed by atoms with Crippen LogP contribution in [-0.2, 0) is 6.18 Å². The van der Waals surface area contributed by atoms with Gasteiger partial charge in [-0.1, -0.05) is 12.1 Å². The van der Waals surface area contributed by atoms with Gasteiger partial charge in [-0.25, -0.2) is 0 Å². The van der Waals surface area contributed by atoms with E-state index in [2.05, 4.69) is 0 Å². The lowest BCUT2D eigenvalue weighted by atomic mass is 10.1. The lowest BCUT2D eigenvalue weighted by Crippen LogP contribution is -2.00. The normalized spacial score (nSPS) is 11.5. The van der Waals surface area contributed by atoms with Crippen LogP contribution in [0.4, 0.5) is 13.2 Å². The molecule has 0 saturated carbocycles. The molecule has 0 aliphatic carbocycles. The number of hydrogen-bond acceptors (Lipinski definition) is 2. The SMILES string of the molecule is COc1ccc(-c2csc(C(F)(F)F)c2)cc1. The van der Waals surface area contributed by atoms with E-state index in [-0.39, 0.29) is 0 Å². The van der Waals surface area contributed by atoms with Crippen molar-refractivity contribution < 1.29 is 17.9 Å². The lowest BCUT2D eigenvalue weighted by molar-refractivity contribution is -0.134. The van der Waals surface area contributed by atoms with E-state index in [1.165, 1.54) is 5.38 Å². The topological polar surface area (TPSA) is 9.23 Å². The number of methoxy groups -OCH3 is 1. The highest BCUT2D eigenvalue weighted by Gasteiger charge is 2.32. The van der Waals surface area contributed by atoms with Crippen molar-refractivity contribution in [3.63, 3.8) is 0 Å². The van der Waals surface area contributed by atoms with Crippen LogP contribution in [0.2, 0.25) is 0 Å². The Morgan fingerprint density at radius 3 is 2.18 bits per heavy atom. The Morgan fingerprint density at radius 2 is 1.71 bits per heavy atom. The van der Waals surface area contributed by atoms with E-state index in [1.807, 2.05) is 0 Å². The zero-order valence-electron chi connectivity index (χ0n) is 8.91. The summed E-state index contributed by atoms with van der Waals surface area (Å²) in [4.78, 5) is -0.580. The van der Waals surface area contributed by atoms with Crippen LogP contribution in [0, 0.1) is 0 Å². The number of rotatable bonds is 2. The fraction of sp³-hybridized carbons (Fsp3) is 0.167. The second-order valence-corrected chi connectivity index (χ2v) is 4.34. The zero-order chi connectivity index (χ0) is 12.5. The summed E-state index contributed by atoms with van der Waals surface area (Å²) in [6, 6.07) is 8.08. The van der Waals surface area contributed by atoms with Crippen LogP contribution in [0.5, 0.6) is 5.75 Å². The first-order valence-corrected chi connectivity index (χ1v) is 5.69. The molecule has 0 aliphatic rings. The van der Waals surface area contributed by atoms with E-state index in [0.29, 0.717) is 22.6 Å². The van der Waals surface area contributed by atoms with Crippen LogP contribution < -0.4 is 4.74 Å². The van der Waals surface area contributed by atoms with Gasteiger partial charge >= 0.3 is 6.18 Å². The largest absolute Gasteiger partial charge is 0.497 e. The van der Waals surface area contributed by atoms with Crippen molar-refractivity contribution in [2.45, 2.75) is 6.18 Å². The van der Waals surface area contributed by atoms with Gasteiger partial charge in [0.05, 0.1) is 7.11 Å². The molecule has 2 aromatic rings. The van der Waals surface area contributed by atoms with Gasteiger partial charge in [0.15, 0.2) is 0 Å². The van der Waals surface area contributed by atoms with Gasteiger partial charge in [-0.2, -0.15) is 13.2 Å². The molecule has 90 valence electrons. The summed E-state index contributed by atoms with van der Waals surface area (Å²) in [5.74, 6) is 0.681. The molecule has 0 N–H and O–H groups in total. The van der Waals surface area contributed by atoms with Crippen molar-refractivity contribution in [1.29, 1.82) is 0 Å². The van der Waals surface area contributed by atoms with E-state index in [4.69, 9.17) is 4.74 Å². The van der Waals surface area contributed by atoms with Gasteiger partial charge in [0.1, 0.15) is 10.6 Å². The molecule has 0 fully saturated rings. The maximum absolute atomic E-state index is 12.4. The van der Waals surface area contributed by atoms with Crippen molar-refractivity contribution in [1.82, 2.24) is 0 Å². The summed E-state index contributed by atoms with van der Waals surface area (Å²) < 4.78 is 42.3. The Morgan fingerprint density at radius 1 is 1.06 bits per heavy atom. The summed E-state index contributed by atoms with van der Waals surface area (Å²) in [6.45, 7) is 0. The average molecular weight is 258 g/mol. The third-order valence-electron chi connectivity index (χ3n) is 2.30. The monoisotopic (exact) mass is 258 g/mol. The number of alkyl halides is 3. The summed E-state index contributed by atoms with van der Waals surface area (Å²) in [7, 11) is 1.54. The zero-order valence-corrected chi connectivity index (χ0v) is 9.73. The summed E-state index contributed by atoms with van der Waals surface area (Å²) in [5, 5.41) is 1.50. The van der Waals surface area contributed by atoms with Gasteiger partial charge in [-0.15, -0.1) is 11.3 Å². The second kappa shape index (κ2) is 4.41. The van der Waals surface area contributed by atoms with Gasteiger partial charge in [0.25, 0.3) is 0 Å². The minimum absolute atomic E-state index is 0.574. The molecule has 0 spiro atoms. The molecule has 1 aromatic heterocycles. The molecule has 5 heteroatoms. The molecule has 17 heavy (non-hydrogen) atoms. The Kier molecular flexibility index (Phi) is 3.11. The van der Waals surface area contributed by atoms with E-state index in [1.54, 1.807) is 31.4 Å². The molecule has 2 rings (SSSR count). The molecule has 0 unspecified atom stereocenters. The number of thiophene rings is 1. The number of benzene rings is 1. The Bertz CT molecular complexity index is 499. The van der Waals surface area contributed by atoms with Gasteiger partial charge in [-0.3, -0.25) is 0 Å². The summed E-state index contributed by atoms with van der Waals surface area (Å²) in [6.07, 6.45) is -4.27. The molecule has 0 bridgehead atoms. The first-order chi connectivity index (χ1) is 8.00. The first-order valence-electron chi connectivity index (χ1n) is 4.81. The molecular formula is C12H9F3OS. The van der Waals surface area contributed by atoms with E-state index < -0.39 is 11.1 Å².